The highest BCUT2D eigenvalue weighted by molar-refractivity contribution is 6.30. The molecule has 0 saturated carbocycles. The molecule has 1 rings (SSSR count). The van der Waals surface area contributed by atoms with E-state index in [9.17, 15) is 9.18 Å². The molecule has 0 radical (unpaired) electrons. The fourth-order valence-electron chi connectivity index (χ4n) is 1.22. The van der Waals surface area contributed by atoms with Crippen LogP contribution < -0.4 is 5.73 Å². The molecule has 15 heavy (non-hydrogen) atoms. The minimum Gasteiger partial charge on any atom is -0.481 e. The Bertz CT molecular complexity index is 370. The summed E-state index contributed by atoms with van der Waals surface area (Å²) in [5.74, 6) is -2.21. The highest BCUT2D eigenvalue weighted by Crippen LogP contribution is 2.17. The van der Waals surface area contributed by atoms with Gasteiger partial charge in [-0.2, -0.15) is 0 Å². The number of carboxylic acid groups (broad SMARTS) is 1. The summed E-state index contributed by atoms with van der Waals surface area (Å²) in [5.41, 5.74) is 5.87. The van der Waals surface area contributed by atoms with Gasteiger partial charge in [0.25, 0.3) is 0 Å². The van der Waals surface area contributed by atoms with Crippen LogP contribution in [0.25, 0.3) is 0 Å². The molecule has 0 fully saturated rings. The van der Waals surface area contributed by atoms with E-state index in [0.29, 0.717) is 5.56 Å². The van der Waals surface area contributed by atoms with Crippen LogP contribution in [0.15, 0.2) is 18.2 Å². The summed E-state index contributed by atoms with van der Waals surface area (Å²) >= 11 is 5.50. The molecule has 0 spiro atoms. The Morgan fingerprint density at radius 2 is 2.27 bits per heavy atom. The van der Waals surface area contributed by atoms with Gasteiger partial charge < -0.3 is 10.8 Å². The molecule has 0 heterocycles. The van der Waals surface area contributed by atoms with Crippen molar-refractivity contribution in [2.45, 2.75) is 6.42 Å². The number of carboxylic acids is 1. The second-order valence-electron chi connectivity index (χ2n) is 3.22. The van der Waals surface area contributed by atoms with E-state index < -0.39 is 17.7 Å². The van der Waals surface area contributed by atoms with Gasteiger partial charge in [-0.05, 0) is 24.1 Å². The monoisotopic (exact) mass is 231 g/mol. The number of hydrogen-bond donors (Lipinski definition) is 2. The normalized spacial score (nSPS) is 12.5. The van der Waals surface area contributed by atoms with Crippen molar-refractivity contribution >= 4 is 17.6 Å². The average Bonchev–Trinajstić information content (AvgIpc) is 2.19. The Hall–Kier alpha value is -1.13. The fraction of sp³-hybridized carbons (Fsp3) is 0.300. The summed E-state index contributed by atoms with van der Waals surface area (Å²) in [6.45, 7) is 0.0274. The summed E-state index contributed by atoms with van der Waals surface area (Å²) < 4.78 is 13.0. The van der Waals surface area contributed by atoms with E-state index in [2.05, 4.69) is 0 Å². The van der Waals surface area contributed by atoms with Crippen molar-refractivity contribution in [3.63, 3.8) is 0 Å². The van der Waals surface area contributed by atoms with Gasteiger partial charge in [-0.1, -0.05) is 17.7 Å². The van der Waals surface area contributed by atoms with Crippen LogP contribution in [0.5, 0.6) is 0 Å². The first-order valence-electron chi connectivity index (χ1n) is 4.41. The highest BCUT2D eigenvalue weighted by atomic mass is 35.5. The molecule has 5 heteroatoms. The Morgan fingerprint density at radius 3 is 2.73 bits per heavy atom. The number of hydrogen-bond acceptors (Lipinski definition) is 2. The minimum absolute atomic E-state index is 0.0263. The number of nitrogens with two attached hydrogens (primary N) is 1. The maximum absolute atomic E-state index is 13.0. The third-order valence-corrected chi connectivity index (χ3v) is 2.41. The zero-order valence-corrected chi connectivity index (χ0v) is 8.67. The summed E-state index contributed by atoms with van der Waals surface area (Å²) in [7, 11) is 0. The van der Waals surface area contributed by atoms with Gasteiger partial charge >= 0.3 is 5.97 Å². The van der Waals surface area contributed by atoms with Crippen LogP contribution in [-0.4, -0.2) is 17.6 Å². The van der Waals surface area contributed by atoms with Crippen LogP contribution in [0.4, 0.5) is 4.39 Å². The van der Waals surface area contributed by atoms with E-state index in [1.165, 1.54) is 12.1 Å². The van der Waals surface area contributed by atoms with E-state index in [1.807, 2.05) is 0 Å². The molecule has 1 atom stereocenters. The van der Waals surface area contributed by atoms with E-state index in [-0.39, 0.29) is 18.0 Å². The van der Waals surface area contributed by atoms with E-state index in [0.717, 1.165) is 0 Å². The second kappa shape index (κ2) is 5.09. The van der Waals surface area contributed by atoms with Crippen LogP contribution in [0.2, 0.25) is 5.02 Å². The van der Waals surface area contributed by atoms with E-state index in [4.69, 9.17) is 22.4 Å². The zero-order valence-electron chi connectivity index (χ0n) is 7.91. The fourth-order valence-corrected chi connectivity index (χ4v) is 1.34. The standard InChI is InChI=1S/C10H11ClFNO2/c11-8-2-1-6(4-9(8)12)3-7(5-13)10(14)15/h1-2,4,7H,3,5,13H2,(H,14,15). The van der Waals surface area contributed by atoms with Crippen molar-refractivity contribution in [1.82, 2.24) is 0 Å². The van der Waals surface area contributed by atoms with Gasteiger partial charge in [0, 0.05) is 6.54 Å². The molecule has 0 amide bonds. The predicted octanol–water partition coefficient (Wildman–Crippen LogP) is 1.68. The molecule has 0 bridgehead atoms. The molecule has 0 aliphatic rings. The molecule has 0 aliphatic heterocycles. The number of rotatable bonds is 4. The molecule has 1 unspecified atom stereocenters. The molecule has 1 aromatic rings. The molecule has 1 aromatic carbocycles. The molecule has 0 saturated heterocycles. The van der Waals surface area contributed by atoms with Crippen molar-refractivity contribution in [3.05, 3.63) is 34.6 Å². The van der Waals surface area contributed by atoms with Gasteiger partial charge in [0.1, 0.15) is 5.82 Å². The SMILES string of the molecule is NCC(Cc1ccc(Cl)c(F)c1)C(=O)O. The molecule has 0 aromatic heterocycles. The quantitative estimate of drug-likeness (QED) is 0.829. The first-order valence-corrected chi connectivity index (χ1v) is 4.79. The lowest BCUT2D eigenvalue weighted by Gasteiger charge is -2.09. The Labute approximate surface area is 91.7 Å². The van der Waals surface area contributed by atoms with Crippen molar-refractivity contribution in [2.24, 2.45) is 11.7 Å². The van der Waals surface area contributed by atoms with Crippen LogP contribution in [0.3, 0.4) is 0 Å². The third-order valence-electron chi connectivity index (χ3n) is 2.10. The first kappa shape index (κ1) is 11.9. The summed E-state index contributed by atoms with van der Waals surface area (Å²) in [4.78, 5) is 10.7. The molecular formula is C10H11ClFNO2. The largest absolute Gasteiger partial charge is 0.481 e. The third kappa shape index (κ3) is 3.18. The smallest absolute Gasteiger partial charge is 0.308 e. The molecular weight excluding hydrogens is 221 g/mol. The maximum Gasteiger partial charge on any atom is 0.308 e. The lowest BCUT2D eigenvalue weighted by Crippen LogP contribution is -2.25. The Balaban J connectivity index is 2.80. The summed E-state index contributed by atoms with van der Waals surface area (Å²) in [6, 6.07) is 4.23. The Morgan fingerprint density at radius 1 is 1.60 bits per heavy atom. The van der Waals surface area contributed by atoms with Gasteiger partial charge in [-0.25, -0.2) is 4.39 Å². The molecule has 0 aliphatic carbocycles. The van der Waals surface area contributed by atoms with Gasteiger partial charge in [0.15, 0.2) is 0 Å². The molecule has 82 valence electrons. The van der Waals surface area contributed by atoms with Gasteiger partial charge in [-0.3, -0.25) is 4.79 Å². The maximum atomic E-state index is 13.0. The minimum atomic E-state index is -0.979. The van der Waals surface area contributed by atoms with Crippen LogP contribution in [-0.2, 0) is 11.2 Å². The van der Waals surface area contributed by atoms with Crippen LogP contribution in [0.1, 0.15) is 5.56 Å². The second-order valence-corrected chi connectivity index (χ2v) is 3.63. The van der Waals surface area contributed by atoms with E-state index >= 15 is 0 Å². The topological polar surface area (TPSA) is 63.3 Å². The lowest BCUT2D eigenvalue weighted by atomic mass is 10.00. The highest BCUT2D eigenvalue weighted by Gasteiger charge is 2.16. The van der Waals surface area contributed by atoms with Gasteiger partial charge in [-0.15, -0.1) is 0 Å². The predicted molar refractivity (Wildman–Crippen MR) is 55.3 cm³/mol. The van der Waals surface area contributed by atoms with Crippen molar-refractivity contribution in [1.29, 1.82) is 0 Å². The Kier molecular flexibility index (Phi) is 4.05. The zero-order chi connectivity index (χ0) is 11.4. The lowest BCUT2D eigenvalue weighted by molar-refractivity contribution is -0.141. The number of benzene rings is 1. The van der Waals surface area contributed by atoms with Crippen LogP contribution >= 0.6 is 11.6 Å². The number of aliphatic carboxylic acids is 1. The van der Waals surface area contributed by atoms with Crippen LogP contribution in [0, 0.1) is 11.7 Å². The summed E-state index contributed by atoms with van der Waals surface area (Å²) in [5, 5.41) is 8.78. The average molecular weight is 232 g/mol. The van der Waals surface area contributed by atoms with Gasteiger partial charge in [0.2, 0.25) is 0 Å². The van der Waals surface area contributed by atoms with Crippen molar-refractivity contribution in [2.75, 3.05) is 6.54 Å². The number of halogens is 2. The number of carbonyl (C=O) groups is 1. The molecule has 3 nitrogen and oxygen atoms in total. The summed E-state index contributed by atoms with van der Waals surface area (Å²) in [6.07, 6.45) is 0.208. The molecule has 3 N–H and O–H groups in total. The van der Waals surface area contributed by atoms with Gasteiger partial charge in [0.05, 0.1) is 10.9 Å². The first-order chi connectivity index (χ1) is 7.04. The van der Waals surface area contributed by atoms with E-state index in [1.54, 1.807) is 6.07 Å². The van der Waals surface area contributed by atoms with Crippen molar-refractivity contribution in [3.8, 4) is 0 Å². The van der Waals surface area contributed by atoms with Crippen molar-refractivity contribution < 1.29 is 14.3 Å².